The summed E-state index contributed by atoms with van der Waals surface area (Å²) < 4.78 is 0. The van der Waals surface area contributed by atoms with Gasteiger partial charge in [-0.2, -0.15) is 0 Å². The summed E-state index contributed by atoms with van der Waals surface area (Å²) in [6, 6.07) is 19.8. The Morgan fingerprint density at radius 3 is 2.57 bits per heavy atom. The number of rotatable bonds is 8. The standard InChI is InChI=1S/C25H24N2O2S/c1-17-8-10-18(11-9-17)23(28)12-13-25(29)27-16-21(24-7-4-14-30-24)20-15-26-22-6-3-2-5-19(20)22/h2-11,14-15,21,26H,12-13,16H2,1H3,(H,27,29). The van der Waals surface area contributed by atoms with Crippen molar-refractivity contribution in [1.29, 1.82) is 0 Å². The maximum Gasteiger partial charge on any atom is 0.220 e. The van der Waals surface area contributed by atoms with E-state index in [-0.39, 0.29) is 30.4 Å². The van der Waals surface area contributed by atoms with E-state index < -0.39 is 0 Å². The number of aromatic amines is 1. The smallest absolute Gasteiger partial charge is 0.220 e. The molecule has 0 radical (unpaired) electrons. The lowest BCUT2D eigenvalue weighted by Gasteiger charge is -2.16. The minimum Gasteiger partial charge on any atom is -0.361 e. The molecular formula is C25H24N2O2S. The summed E-state index contributed by atoms with van der Waals surface area (Å²) in [5, 5.41) is 6.26. The van der Waals surface area contributed by atoms with Crippen molar-refractivity contribution in [2.75, 3.05) is 6.54 Å². The molecule has 0 bridgehead atoms. The fourth-order valence-electron chi connectivity index (χ4n) is 3.65. The number of hydrogen-bond donors (Lipinski definition) is 2. The van der Waals surface area contributed by atoms with Gasteiger partial charge in [-0.25, -0.2) is 0 Å². The van der Waals surface area contributed by atoms with E-state index in [1.807, 2.05) is 55.6 Å². The number of benzene rings is 2. The predicted molar refractivity (Wildman–Crippen MR) is 122 cm³/mol. The zero-order chi connectivity index (χ0) is 20.9. The second-order valence-electron chi connectivity index (χ2n) is 7.45. The van der Waals surface area contributed by atoms with E-state index in [4.69, 9.17) is 0 Å². The first-order valence-corrected chi connectivity index (χ1v) is 11.0. The van der Waals surface area contributed by atoms with Crippen LogP contribution < -0.4 is 5.32 Å². The van der Waals surface area contributed by atoms with Gasteiger partial charge >= 0.3 is 0 Å². The zero-order valence-electron chi connectivity index (χ0n) is 16.9. The molecule has 0 aliphatic carbocycles. The molecule has 4 aromatic rings. The lowest BCUT2D eigenvalue weighted by Crippen LogP contribution is -2.28. The number of aryl methyl sites for hydroxylation is 1. The molecular weight excluding hydrogens is 392 g/mol. The highest BCUT2D eigenvalue weighted by Crippen LogP contribution is 2.32. The van der Waals surface area contributed by atoms with Crippen molar-refractivity contribution in [3.8, 4) is 0 Å². The highest BCUT2D eigenvalue weighted by molar-refractivity contribution is 7.10. The van der Waals surface area contributed by atoms with Gasteiger partial charge in [0.05, 0.1) is 0 Å². The monoisotopic (exact) mass is 416 g/mol. The lowest BCUT2D eigenvalue weighted by atomic mass is 9.96. The first-order chi connectivity index (χ1) is 14.6. The molecule has 0 saturated carbocycles. The zero-order valence-corrected chi connectivity index (χ0v) is 17.7. The van der Waals surface area contributed by atoms with Gasteiger partial charge in [0.2, 0.25) is 5.91 Å². The summed E-state index contributed by atoms with van der Waals surface area (Å²) in [7, 11) is 0. The number of fused-ring (bicyclic) bond motifs is 1. The SMILES string of the molecule is Cc1ccc(C(=O)CCC(=O)NCC(c2cccs2)c2c[nH]c3ccccc23)cc1. The van der Waals surface area contributed by atoms with Crippen molar-refractivity contribution in [1.82, 2.24) is 10.3 Å². The molecule has 0 spiro atoms. The van der Waals surface area contributed by atoms with E-state index in [0.29, 0.717) is 12.1 Å². The van der Waals surface area contributed by atoms with Gasteiger partial charge in [-0.05, 0) is 30.0 Å². The first-order valence-electron chi connectivity index (χ1n) is 10.1. The predicted octanol–water partition coefficient (Wildman–Crippen LogP) is 5.45. The van der Waals surface area contributed by atoms with E-state index in [1.165, 1.54) is 15.8 Å². The third-order valence-electron chi connectivity index (χ3n) is 5.34. The van der Waals surface area contributed by atoms with E-state index in [1.54, 1.807) is 11.3 Å². The summed E-state index contributed by atoms with van der Waals surface area (Å²) in [6.45, 7) is 2.49. The Morgan fingerprint density at radius 1 is 1.00 bits per heavy atom. The van der Waals surface area contributed by atoms with Crippen molar-refractivity contribution in [2.24, 2.45) is 0 Å². The van der Waals surface area contributed by atoms with Crippen LogP contribution in [-0.2, 0) is 4.79 Å². The first kappa shape index (κ1) is 20.1. The summed E-state index contributed by atoms with van der Waals surface area (Å²) in [6.07, 6.45) is 2.44. The van der Waals surface area contributed by atoms with Gasteiger partial charge in [0, 0.05) is 52.8 Å². The molecule has 0 aliphatic rings. The molecule has 1 unspecified atom stereocenters. The van der Waals surface area contributed by atoms with Crippen LogP contribution in [0.15, 0.2) is 72.2 Å². The molecule has 2 N–H and O–H groups in total. The van der Waals surface area contributed by atoms with Crippen LogP contribution >= 0.6 is 11.3 Å². The maximum absolute atomic E-state index is 12.5. The number of nitrogens with one attached hydrogen (secondary N) is 2. The number of carbonyl (C=O) groups is 2. The molecule has 2 aromatic carbocycles. The van der Waals surface area contributed by atoms with E-state index in [9.17, 15) is 9.59 Å². The Hall–Kier alpha value is -3.18. The van der Waals surface area contributed by atoms with Gasteiger partial charge in [-0.3, -0.25) is 9.59 Å². The number of hydrogen-bond acceptors (Lipinski definition) is 3. The number of Topliss-reactive ketones (excluding diaryl/α,β-unsaturated/α-hetero) is 1. The summed E-state index contributed by atoms with van der Waals surface area (Å²) in [4.78, 5) is 29.3. The molecule has 1 atom stereocenters. The second-order valence-corrected chi connectivity index (χ2v) is 8.43. The minimum absolute atomic E-state index is 0.00316. The molecule has 0 saturated heterocycles. The van der Waals surface area contributed by atoms with Crippen LogP contribution in [0.5, 0.6) is 0 Å². The molecule has 4 rings (SSSR count). The van der Waals surface area contributed by atoms with Crippen LogP contribution in [-0.4, -0.2) is 23.2 Å². The topological polar surface area (TPSA) is 62.0 Å². The Bertz CT molecular complexity index is 1140. The van der Waals surface area contributed by atoms with Gasteiger partial charge in [-0.1, -0.05) is 54.1 Å². The van der Waals surface area contributed by atoms with E-state index in [2.05, 4.69) is 33.9 Å². The number of thiophene rings is 1. The quantitative estimate of drug-likeness (QED) is 0.375. The molecule has 1 amide bonds. The summed E-state index contributed by atoms with van der Waals surface area (Å²) >= 11 is 1.69. The molecule has 2 aromatic heterocycles. The van der Waals surface area contributed by atoms with Crippen molar-refractivity contribution in [2.45, 2.75) is 25.7 Å². The van der Waals surface area contributed by atoms with Crippen molar-refractivity contribution < 1.29 is 9.59 Å². The Kier molecular flexibility index (Phi) is 6.10. The number of ketones is 1. The Morgan fingerprint density at radius 2 is 1.80 bits per heavy atom. The summed E-state index contributed by atoms with van der Waals surface area (Å²) in [5.74, 6) is -0.0358. The average Bonchev–Trinajstić information content (AvgIpc) is 3.44. The molecule has 0 fully saturated rings. The molecule has 0 aliphatic heterocycles. The van der Waals surface area contributed by atoms with E-state index in [0.717, 1.165) is 11.1 Å². The van der Waals surface area contributed by atoms with Crippen LogP contribution in [0.25, 0.3) is 10.9 Å². The number of carbonyl (C=O) groups excluding carboxylic acids is 2. The van der Waals surface area contributed by atoms with Crippen LogP contribution in [0.2, 0.25) is 0 Å². The summed E-state index contributed by atoms with van der Waals surface area (Å²) in [5.41, 5.74) is 4.03. The van der Waals surface area contributed by atoms with Crippen LogP contribution in [0, 0.1) is 6.92 Å². The maximum atomic E-state index is 12.5. The fraction of sp³-hybridized carbons (Fsp3) is 0.200. The Labute approximate surface area is 180 Å². The van der Waals surface area contributed by atoms with Gasteiger partial charge in [0.25, 0.3) is 0 Å². The Balaban J connectivity index is 1.41. The van der Waals surface area contributed by atoms with Gasteiger partial charge in [0.1, 0.15) is 0 Å². The number of amides is 1. The normalized spacial score (nSPS) is 12.0. The highest BCUT2D eigenvalue weighted by Gasteiger charge is 2.20. The molecule has 152 valence electrons. The van der Waals surface area contributed by atoms with Gasteiger partial charge in [-0.15, -0.1) is 11.3 Å². The third kappa shape index (κ3) is 4.52. The fourth-order valence-corrected chi connectivity index (χ4v) is 4.50. The molecule has 2 heterocycles. The van der Waals surface area contributed by atoms with Crippen molar-refractivity contribution in [3.63, 3.8) is 0 Å². The number of para-hydroxylation sites is 1. The second kappa shape index (κ2) is 9.09. The largest absolute Gasteiger partial charge is 0.361 e. The molecule has 5 heteroatoms. The lowest BCUT2D eigenvalue weighted by molar-refractivity contribution is -0.121. The average molecular weight is 417 g/mol. The number of H-pyrrole nitrogens is 1. The van der Waals surface area contributed by atoms with Crippen molar-refractivity contribution >= 4 is 33.9 Å². The van der Waals surface area contributed by atoms with Crippen LogP contribution in [0.4, 0.5) is 0 Å². The minimum atomic E-state index is -0.100. The highest BCUT2D eigenvalue weighted by atomic mass is 32.1. The number of aromatic nitrogens is 1. The van der Waals surface area contributed by atoms with Crippen LogP contribution in [0.1, 0.15) is 45.1 Å². The molecule has 30 heavy (non-hydrogen) atoms. The van der Waals surface area contributed by atoms with Crippen molar-refractivity contribution in [3.05, 3.63) is 93.8 Å². The van der Waals surface area contributed by atoms with E-state index >= 15 is 0 Å². The van der Waals surface area contributed by atoms with Gasteiger partial charge < -0.3 is 10.3 Å². The molecule has 4 nitrogen and oxygen atoms in total. The third-order valence-corrected chi connectivity index (χ3v) is 6.33. The van der Waals surface area contributed by atoms with Crippen LogP contribution in [0.3, 0.4) is 0 Å². The van der Waals surface area contributed by atoms with Gasteiger partial charge in [0.15, 0.2) is 5.78 Å².